The van der Waals surface area contributed by atoms with E-state index in [1.165, 1.54) is 30.2 Å². The van der Waals surface area contributed by atoms with Gasteiger partial charge in [0, 0.05) is 13.1 Å². The molecule has 146 valence electrons. The molecule has 0 spiro atoms. The van der Waals surface area contributed by atoms with Gasteiger partial charge in [0.05, 0.1) is 19.6 Å². The molecule has 0 aliphatic carbocycles. The number of aliphatic hydroxyl groups excluding tert-OH is 1. The predicted molar refractivity (Wildman–Crippen MR) is 103 cm³/mol. The van der Waals surface area contributed by atoms with E-state index in [2.05, 4.69) is 6.58 Å². The van der Waals surface area contributed by atoms with Gasteiger partial charge in [-0.15, -0.1) is 0 Å². The molecule has 0 bridgehead atoms. The van der Waals surface area contributed by atoms with Gasteiger partial charge in [-0.1, -0.05) is 36.9 Å². The summed E-state index contributed by atoms with van der Waals surface area (Å²) in [5.74, 6) is -1.58. The van der Waals surface area contributed by atoms with Gasteiger partial charge in [0.1, 0.15) is 6.29 Å². The summed E-state index contributed by atoms with van der Waals surface area (Å²) < 4.78 is 18.8. The molecule has 1 N–H and O–H groups in total. The quantitative estimate of drug-likeness (QED) is 0.367. The van der Waals surface area contributed by atoms with Crippen LogP contribution in [0, 0.1) is 11.7 Å². The molecule has 0 heterocycles. The van der Waals surface area contributed by atoms with Gasteiger partial charge in [-0.05, 0) is 36.6 Å². The number of hydrogen-bond donors (Lipinski definition) is 1. The summed E-state index contributed by atoms with van der Waals surface area (Å²) in [7, 11) is 1.38. The standard InChI is InChI=1S/C21H26FNO4/c1-4-7-16(8-6-11-24)12-18(15-25)21(26)23(5-2)14-17-9-10-20(27-3)19(22)13-17/h4,6-10,13,15,18,24H,1,5,11-12,14H2,2-3H3/b8-6-,16-7+. The van der Waals surface area contributed by atoms with Crippen molar-refractivity contribution in [3.63, 3.8) is 0 Å². The van der Waals surface area contributed by atoms with E-state index in [1.54, 1.807) is 31.2 Å². The smallest absolute Gasteiger partial charge is 0.233 e. The molecule has 0 saturated heterocycles. The maximum Gasteiger partial charge on any atom is 0.233 e. The van der Waals surface area contributed by atoms with Crippen molar-refractivity contribution in [2.24, 2.45) is 5.92 Å². The summed E-state index contributed by atoms with van der Waals surface area (Å²) in [5, 5.41) is 8.91. The maximum absolute atomic E-state index is 13.9. The highest BCUT2D eigenvalue weighted by Crippen LogP contribution is 2.20. The lowest BCUT2D eigenvalue weighted by atomic mass is 9.98. The van der Waals surface area contributed by atoms with Gasteiger partial charge in [-0.2, -0.15) is 0 Å². The van der Waals surface area contributed by atoms with Gasteiger partial charge in [-0.25, -0.2) is 4.39 Å². The SMILES string of the molecule is C=C/C=C(\C=C/CO)CC(C=O)C(=O)N(CC)Cc1ccc(OC)c(F)c1. The molecule has 0 fully saturated rings. The highest BCUT2D eigenvalue weighted by atomic mass is 19.1. The first kappa shape index (κ1) is 22.3. The van der Waals surface area contributed by atoms with Gasteiger partial charge < -0.3 is 19.5 Å². The Morgan fingerprint density at radius 2 is 2.19 bits per heavy atom. The molecule has 6 heteroatoms. The van der Waals surface area contributed by atoms with Gasteiger partial charge in [0.2, 0.25) is 5.91 Å². The van der Waals surface area contributed by atoms with Crippen molar-refractivity contribution in [2.75, 3.05) is 20.3 Å². The van der Waals surface area contributed by atoms with E-state index in [-0.39, 0.29) is 31.2 Å². The van der Waals surface area contributed by atoms with Crippen LogP contribution in [-0.2, 0) is 16.1 Å². The number of amides is 1. The van der Waals surface area contributed by atoms with E-state index in [9.17, 15) is 14.0 Å². The van der Waals surface area contributed by atoms with Gasteiger partial charge in [0.15, 0.2) is 11.6 Å². The molecule has 27 heavy (non-hydrogen) atoms. The number of rotatable bonds is 11. The minimum atomic E-state index is -0.873. The van der Waals surface area contributed by atoms with Crippen LogP contribution in [-0.4, -0.2) is 42.5 Å². The van der Waals surface area contributed by atoms with Crippen LogP contribution in [0.3, 0.4) is 0 Å². The predicted octanol–water partition coefficient (Wildman–Crippen LogP) is 3.05. The number of hydrogen-bond acceptors (Lipinski definition) is 4. The fourth-order valence-corrected chi connectivity index (χ4v) is 2.60. The van der Waals surface area contributed by atoms with Crippen LogP contribution in [0.25, 0.3) is 0 Å². The van der Waals surface area contributed by atoms with E-state index < -0.39 is 11.7 Å². The van der Waals surface area contributed by atoms with Crippen molar-refractivity contribution in [1.82, 2.24) is 4.90 Å². The number of allylic oxidation sites excluding steroid dienone is 4. The Labute approximate surface area is 159 Å². The first-order valence-electron chi connectivity index (χ1n) is 8.66. The summed E-state index contributed by atoms with van der Waals surface area (Å²) in [6.45, 7) is 5.84. The highest BCUT2D eigenvalue weighted by molar-refractivity contribution is 5.92. The fourth-order valence-electron chi connectivity index (χ4n) is 2.60. The number of aldehydes is 1. The van der Waals surface area contributed by atoms with Crippen LogP contribution < -0.4 is 4.74 Å². The van der Waals surface area contributed by atoms with Crippen LogP contribution in [0.15, 0.2) is 54.7 Å². The minimum Gasteiger partial charge on any atom is -0.494 e. The van der Waals surface area contributed by atoms with Crippen molar-refractivity contribution in [2.45, 2.75) is 19.9 Å². The van der Waals surface area contributed by atoms with Crippen LogP contribution >= 0.6 is 0 Å². The Bertz CT molecular complexity index is 712. The zero-order valence-electron chi connectivity index (χ0n) is 15.7. The topological polar surface area (TPSA) is 66.8 Å². The largest absolute Gasteiger partial charge is 0.494 e. The molecule has 0 saturated carbocycles. The normalized spacial score (nSPS) is 12.7. The molecule has 1 rings (SSSR count). The number of nitrogens with zero attached hydrogens (tertiary/aromatic N) is 1. The Morgan fingerprint density at radius 1 is 1.44 bits per heavy atom. The van der Waals surface area contributed by atoms with Crippen molar-refractivity contribution in [3.8, 4) is 5.75 Å². The maximum atomic E-state index is 13.9. The molecule has 1 atom stereocenters. The summed E-state index contributed by atoms with van der Waals surface area (Å²) in [4.78, 5) is 25.8. The summed E-state index contributed by atoms with van der Waals surface area (Å²) >= 11 is 0. The first-order valence-corrected chi connectivity index (χ1v) is 8.66. The van der Waals surface area contributed by atoms with Crippen LogP contribution in [0.2, 0.25) is 0 Å². The number of halogens is 1. The second-order valence-electron chi connectivity index (χ2n) is 5.83. The summed E-state index contributed by atoms with van der Waals surface area (Å²) in [6, 6.07) is 4.50. The van der Waals surface area contributed by atoms with E-state index in [0.717, 1.165) is 0 Å². The van der Waals surface area contributed by atoms with Crippen LogP contribution in [0.4, 0.5) is 4.39 Å². The Balaban J connectivity index is 2.94. The van der Waals surface area contributed by atoms with E-state index >= 15 is 0 Å². The van der Waals surface area contributed by atoms with Gasteiger partial charge in [-0.3, -0.25) is 4.79 Å². The number of methoxy groups -OCH3 is 1. The molecule has 1 aromatic rings. The lowest BCUT2D eigenvalue weighted by Gasteiger charge is -2.24. The number of benzene rings is 1. The molecule has 0 aliphatic rings. The Hall–Kier alpha value is -2.73. The third-order valence-corrected chi connectivity index (χ3v) is 3.99. The van der Waals surface area contributed by atoms with Crippen molar-refractivity contribution < 1.29 is 23.8 Å². The van der Waals surface area contributed by atoms with Crippen LogP contribution in [0.1, 0.15) is 18.9 Å². The molecule has 0 radical (unpaired) electrons. The van der Waals surface area contributed by atoms with Gasteiger partial charge >= 0.3 is 0 Å². The van der Waals surface area contributed by atoms with E-state index in [0.29, 0.717) is 24.0 Å². The third kappa shape index (κ3) is 6.83. The third-order valence-electron chi connectivity index (χ3n) is 3.99. The molecule has 0 aromatic heterocycles. The van der Waals surface area contributed by atoms with E-state index in [1.807, 2.05) is 0 Å². The lowest BCUT2D eigenvalue weighted by molar-refractivity contribution is -0.138. The number of carbonyl (C=O) groups excluding carboxylic acids is 2. The average molecular weight is 375 g/mol. The number of ether oxygens (including phenoxy) is 1. The Morgan fingerprint density at radius 3 is 2.70 bits per heavy atom. The van der Waals surface area contributed by atoms with Crippen LogP contribution in [0.5, 0.6) is 5.75 Å². The summed E-state index contributed by atoms with van der Waals surface area (Å²) in [6.07, 6.45) is 7.23. The minimum absolute atomic E-state index is 0.133. The number of carbonyl (C=O) groups is 2. The molecule has 5 nitrogen and oxygen atoms in total. The summed E-state index contributed by atoms with van der Waals surface area (Å²) in [5.41, 5.74) is 1.31. The van der Waals surface area contributed by atoms with Gasteiger partial charge in [0.25, 0.3) is 0 Å². The molecule has 1 amide bonds. The lowest BCUT2D eigenvalue weighted by Crippen LogP contribution is -2.36. The van der Waals surface area contributed by atoms with Crippen molar-refractivity contribution in [1.29, 1.82) is 0 Å². The average Bonchev–Trinajstić information content (AvgIpc) is 2.67. The molecular formula is C21H26FNO4. The highest BCUT2D eigenvalue weighted by Gasteiger charge is 2.24. The Kier molecular flexibility index (Phi) is 9.75. The van der Waals surface area contributed by atoms with Crippen molar-refractivity contribution in [3.05, 3.63) is 66.0 Å². The number of aliphatic hydroxyl groups is 1. The zero-order valence-corrected chi connectivity index (χ0v) is 15.7. The molecule has 1 aromatic carbocycles. The molecule has 1 unspecified atom stereocenters. The first-order chi connectivity index (χ1) is 13.0. The van der Waals surface area contributed by atoms with Crippen molar-refractivity contribution >= 4 is 12.2 Å². The fraction of sp³-hybridized carbons (Fsp3) is 0.333. The monoisotopic (exact) mass is 375 g/mol. The second-order valence-corrected chi connectivity index (χ2v) is 5.83. The molecular weight excluding hydrogens is 349 g/mol. The molecule has 0 aliphatic heterocycles. The van der Waals surface area contributed by atoms with E-state index in [4.69, 9.17) is 9.84 Å². The zero-order chi connectivity index (χ0) is 20.2. The second kappa shape index (κ2) is 11.8.